The molecule has 6 nitrogen and oxygen atoms in total. The van der Waals surface area contributed by atoms with Crippen molar-refractivity contribution in [1.29, 1.82) is 0 Å². The Labute approximate surface area is 133 Å². The second-order valence-electron chi connectivity index (χ2n) is 4.61. The van der Waals surface area contributed by atoms with Crippen LogP contribution in [0.3, 0.4) is 0 Å². The van der Waals surface area contributed by atoms with E-state index in [-0.39, 0.29) is 5.95 Å². The monoisotopic (exact) mass is 358 g/mol. The van der Waals surface area contributed by atoms with E-state index in [1.807, 2.05) is 0 Å². The number of carbonyl (C=O) groups excluding carboxylic acids is 1. The fraction of sp³-hybridized carbons (Fsp3) is 0.0667. The summed E-state index contributed by atoms with van der Waals surface area (Å²) < 4.78 is 0.885. The molecule has 1 aromatic carbocycles. The number of benzene rings is 1. The molecule has 7 heteroatoms. The van der Waals surface area contributed by atoms with Crippen LogP contribution in [0.4, 0.5) is 5.95 Å². The highest BCUT2D eigenvalue weighted by Crippen LogP contribution is 2.13. The molecule has 0 spiro atoms. The minimum atomic E-state index is -0.505. The summed E-state index contributed by atoms with van der Waals surface area (Å²) in [5.41, 5.74) is 6.70. The summed E-state index contributed by atoms with van der Waals surface area (Å²) in [6, 6.07) is 10.1. The molecule has 0 radical (unpaired) electrons. The minimum absolute atomic E-state index is 0.153. The van der Waals surface area contributed by atoms with Gasteiger partial charge >= 0.3 is 0 Å². The van der Waals surface area contributed by atoms with E-state index in [2.05, 4.69) is 25.9 Å². The zero-order valence-corrected chi connectivity index (χ0v) is 12.9. The molecule has 0 saturated carbocycles. The second kappa shape index (κ2) is 5.69. The van der Waals surface area contributed by atoms with Crippen molar-refractivity contribution in [1.82, 2.24) is 14.5 Å². The van der Waals surface area contributed by atoms with Crippen LogP contribution in [0, 0.1) is 0 Å². The molecule has 0 aliphatic carbocycles. The van der Waals surface area contributed by atoms with E-state index in [0.717, 1.165) is 4.57 Å². The molecular formula is C15H11BrN4O2. The Hall–Kier alpha value is -2.54. The molecule has 2 heterocycles. The summed E-state index contributed by atoms with van der Waals surface area (Å²) in [6.45, 7) is 0. The predicted octanol–water partition coefficient (Wildman–Crippen LogP) is 1.96. The maximum absolute atomic E-state index is 12.6. The lowest BCUT2D eigenvalue weighted by atomic mass is 10.2. The van der Waals surface area contributed by atoms with Gasteiger partial charge in [0.15, 0.2) is 0 Å². The molecule has 0 fully saturated rings. The number of pyridine rings is 1. The van der Waals surface area contributed by atoms with Crippen LogP contribution in [0.5, 0.6) is 0 Å². The Morgan fingerprint density at radius 3 is 2.68 bits per heavy atom. The third-order valence-corrected chi connectivity index (χ3v) is 3.77. The van der Waals surface area contributed by atoms with Crippen LogP contribution in [0.2, 0.25) is 0 Å². The predicted molar refractivity (Wildman–Crippen MR) is 87.0 cm³/mol. The van der Waals surface area contributed by atoms with Crippen LogP contribution in [0.25, 0.3) is 10.9 Å². The highest BCUT2D eigenvalue weighted by atomic mass is 79.9. The van der Waals surface area contributed by atoms with E-state index >= 15 is 0 Å². The molecule has 0 atom stereocenters. The van der Waals surface area contributed by atoms with Crippen molar-refractivity contribution in [3.63, 3.8) is 0 Å². The van der Waals surface area contributed by atoms with E-state index < -0.39 is 11.5 Å². The molecule has 0 saturated heterocycles. The first-order chi connectivity index (χ1) is 10.6. The Kier molecular flexibility index (Phi) is 3.72. The third kappa shape index (κ3) is 2.39. The average molecular weight is 359 g/mol. The van der Waals surface area contributed by atoms with Gasteiger partial charge < -0.3 is 5.73 Å². The van der Waals surface area contributed by atoms with Gasteiger partial charge in [0.2, 0.25) is 5.95 Å². The molecule has 3 aromatic rings. The van der Waals surface area contributed by atoms with Gasteiger partial charge in [0.05, 0.1) is 22.8 Å². The molecule has 110 valence electrons. The maximum Gasteiger partial charge on any atom is 0.270 e. The summed E-state index contributed by atoms with van der Waals surface area (Å²) in [4.78, 5) is 33.4. The van der Waals surface area contributed by atoms with Crippen LogP contribution >= 0.6 is 15.9 Å². The summed E-state index contributed by atoms with van der Waals surface area (Å²) >= 11 is 3.28. The topological polar surface area (TPSA) is 90.9 Å². The molecule has 0 unspecified atom stereocenters. The van der Waals surface area contributed by atoms with E-state index in [1.54, 1.807) is 36.4 Å². The van der Waals surface area contributed by atoms with Crippen molar-refractivity contribution >= 4 is 38.7 Å². The number of anilines is 1. The van der Waals surface area contributed by atoms with Crippen LogP contribution in [-0.4, -0.2) is 20.4 Å². The SMILES string of the molecule is Nc1nc2cnc(CBr)cc2c(=O)n1C(=O)c1ccccc1. The third-order valence-electron chi connectivity index (χ3n) is 3.20. The number of nitrogens with two attached hydrogens (primary N) is 1. The summed E-state index contributed by atoms with van der Waals surface area (Å²) in [6.07, 6.45) is 1.47. The number of carbonyl (C=O) groups is 1. The highest BCUT2D eigenvalue weighted by molar-refractivity contribution is 9.08. The number of fused-ring (bicyclic) bond motifs is 1. The van der Waals surface area contributed by atoms with E-state index in [0.29, 0.717) is 27.5 Å². The Morgan fingerprint density at radius 2 is 2.00 bits per heavy atom. The van der Waals surface area contributed by atoms with Crippen molar-refractivity contribution in [3.8, 4) is 0 Å². The number of hydrogen-bond donors (Lipinski definition) is 1. The van der Waals surface area contributed by atoms with Gasteiger partial charge in [-0.1, -0.05) is 34.1 Å². The number of halogens is 1. The Balaban J connectivity index is 2.26. The maximum atomic E-state index is 12.6. The highest BCUT2D eigenvalue weighted by Gasteiger charge is 2.17. The fourth-order valence-electron chi connectivity index (χ4n) is 2.13. The Bertz CT molecular complexity index is 922. The van der Waals surface area contributed by atoms with Crippen molar-refractivity contribution < 1.29 is 4.79 Å². The van der Waals surface area contributed by atoms with Gasteiger partial charge in [-0.2, -0.15) is 0 Å². The number of nitrogens with zero attached hydrogens (tertiary/aromatic N) is 3. The van der Waals surface area contributed by atoms with Crippen LogP contribution in [0.15, 0.2) is 47.4 Å². The van der Waals surface area contributed by atoms with E-state index in [1.165, 1.54) is 6.20 Å². The molecule has 0 aliphatic rings. The minimum Gasteiger partial charge on any atom is -0.369 e. The fourth-order valence-corrected chi connectivity index (χ4v) is 2.44. The standard InChI is InChI=1S/C15H11BrN4O2/c16-7-10-6-11-12(8-18-10)19-15(17)20(14(11)22)13(21)9-4-2-1-3-5-9/h1-6,8H,7H2,(H2,17,19). The Morgan fingerprint density at radius 1 is 1.27 bits per heavy atom. The van der Waals surface area contributed by atoms with Crippen LogP contribution in [-0.2, 0) is 5.33 Å². The van der Waals surface area contributed by atoms with Gasteiger partial charge in [0, 0.05) is 10.9 Å². The first-order valence-electron chi connectivity index (χ1n) is 6.44. The number of alkyl halides is 1. The normalized spacial score (nSPS) is 10.8. The van der Waals surface area contributed by atoms with Crippen LogP contribution < -0.4 is 11.3 Å². The smallest absolute Gasteiger partial charge is 0.270 e. The summed E-state index contributed by atoms with van der Waals surface area (Å²) in [5.74, 6) is -0.658. The van der Waals surface area contributed by atoms with Gasteiger partial charge in [-0.25, -0.2) is 9.55 Å². The summed E-state index contributed by atoms with van der Waals surface area (Å²) in [7, 11) is 0. The molecule has 22 heavy (non-hydrogen) atoms. The zero-order valence-electron chi connectivity index (χ0n) is 11.4. The van der Waals surface area contributed by atoms with Crippen molar-refractivity contribution in [2.45, 2.75) is 5.33 Å². The first kappa shape index (κ1) is 14.4. The number of hydrogen-bond acceptors (Lipinski definition) is 5. The molecule has 2 aromatic heterocycles. The number of rotatable bonds is 2. The van der Waals surface area contributed by atoms with Crippen molar-refractivity contribution in [2.75, 3.05) is 5.73 Å². The van der Waals surface area contributed by atoms with E-state index in [4.69, 9.17) is 5.73 Å². The van der Waals surface area contributed by atoms with Crippen LogP contribution in [0.1, 0.15) is 16.1 Å². The molecule has 0 amide bonds. The second-order valence-corrected chi connectivity index (χ2v) is 5.17. The lowest BCUT2D eigenvalue weighted by Gasteiger charge is -2.09. The lowest BCUT2D eigenvalue weighted by molar-refractivity contribution is 0.0958. The average Bonchev–Trinajstić information content (AvgIpc) is 2.55. The quantitative estimate of drug-likeness (QED) is 0.707. The van der Waals surface area contributed by atoms with Crippen molar-refractivity contribution in [2.24, 2.45) is 0 Å². The van der Waals surface area contributed by atoms with Gasteiger partial charge in [-0.05, 0) is 18.2 Å². The molecular weight excluding hydrogens is 348 g/mol. The number of nitrogen functional groups attached to an aromatic ring is 1. The molecule has 0 bridgehead atoms. The first-order valence-corrected chi connectivity index (χ1v) is 7.57. The van der Waals surface area contributed by atoms with Gasteiger partial charge in [-0.3, -0.25) is 14.6 Å². The van der Waals surface area contributed by atoms with Gasteiger partial charge in [-0.15, -0.1) is 0 Å². The summed E-state index contributed by atoms with van der Waals surface area (Å²) in [5, 5.41) is 0.808. The van der Waals surface area contributed by atoms with Crippen molar-refractivity contribution in [3.05, 3.63) is 64.2 Å². The van der Waals surface area contributed by atoms with Gasteiger partial charge in [0.1, 0.15) is 0 Å². The molecule has 3 rings (SSSR count). The van der Waals surface area contributed by atoms with Gasteiger partial charge in [0.25, 0.3) is 11.5 Å². The largest absolute Gasteiger partial charge is 0.369 e. The zero-order chi connectivity index (χ0) is 15.7. The van der Waals surface area contributed by atoms with E-state index in [9.17, 15) is 9.59 Å². The lowest BCUT2D eigenvalue weighted by Crippen LogP contribution is -2.30. The molecule has 0 aliphatic heterocycles. The molecule has 2 N–H and O–H groups in total. The number of aromatic nitrogens is 3.